The Hall–Kier alpha value is 0.916. The van der Waals surface area contributed by atoms with E-state index in [1.54, 1.807) is 5.57 Å². The fraction of sp³-hybridized carbons (Fsp3) is 0.692. The van der Waals surface area contributed by atoms with Gasteiger partial charge in [0.05, 0.1) is 0 Å². The first-order valence-corrected chi connectivity index (χ1v) is 21.2. The molecule has 0 spiro atoms. The van der Waals surface area contributed by atoms with Crippen LogP contribution in [0.1, 0.15) is 12.8 Å². The van der Waals surface area contributed by atoms with Gasteiger partial charge < -0.3 is 0 Å². The summed E-state index contributed by atoms with van der Waals surface area (Å²) in [4.78, 5) is 0. The molecule has 0 N–H and O–H groups in total. The molecule has 16 heavy (non-hydrogen) atoms. The summed E-state index contributed by atoms with van der Waals surface area (Å²) in [5.74, 6) is 15.0. The summed E-state index contributed by atoms with van der Waals surface area (Å²) < 4.78 is 0.290. The minimum absolute atomic E-state index is 0.290. The molecule has 0 saturated carbocycles. The summed E-state index contributed by atoms with van der Waals surface area (Å²) in [5, 5.41) is 0. The summed E-state index contributed by atoms with van der Waals surface area (Å²) >= 11 is 2.59. The van der Waals surface area contributed by atoms with Gasteiger partial charge in [0, 0.05) is 0 Å². The second kappa shape index (κ2) is 4.89. The van der Waals surface area contributed by atoms with Crippen LogP contribution >= 0.6 is 12.6 Å². The Morgan fingerprint density at radius 3 is 1.94 bits per heavy atom. The van der Waals surface area contributed by atoms with Crippen LogP contribution in [0.5, 0.6) is 0 Å². The van der Waals surface area contributed by atoms with Gasteiger partial charge in [0.2, 0.25) is 0 Å². The van der Waals surface area contributed by atoms with Gasteiger partial charge in [-0.3, -0.25) is 0 Å². The number of allylic oxidation sites excluding steroid dienone is 4. The second-order valence-electron chi connectivity index (χ2n) is 6.96. The zero-order chi connectivity index (χ0) is 12.6. The molecule has 3 heteroatoms. The van der Waals surface area contributed by atoms with Crippen molar-refractivity contribution in [3.8, 4) is 0 Å². The minimum atomic E-state index is -1.81. The van der Waals surface area contributed by atoms with Gasteiger partial charge >= 0.3 is 113 Å². The molecule has 1 rings (SSSR count). The molecule has 0 unspecified atom stereocenters. The molecule has 0 saturated heterocycles. The molecule has 0 atom stereocenters. The van der Waals surface area contributed by atoms with Crippen LogP contribution in [-0.2, 0) is 0 Å². The van der Waals surface area contributed by atoms with Crippen molar-refractivity contribution >= 4 is 39.2 Å². The van der Waals surface area contributed by atoms with Crippen LogP contribution in [0.25, 0.3) is 0 Å². The first kappa shape index (κ1) is 15.0. The van der Waals surface area contributed by atoms with Crippen molar-refractivity contribution in [1.29, 1.82) is 0 Å². The second-order valence-corrected chi connectivity index (χ2v) is 33.8. The van der Waals surface area contributed by atoms with E-state index in [2.05, 4.69) is 52.8 Å². The zero-order valence-corrected chi connectivity index (χ0v) is 16.6. The van der Waals surface area contributed by atoms with E-state index in [1.807, 2.05) is 0 Å². The normalized spacial score (nSPS) is 17.8. The van der Waals surface area contributed by atoms with Crippen molar-refractivity contribution in [1.82, 2.24) is 0 Å². The maximum atomic E-state index is 6.21. The summed E-state index contributed by atoms with van der Waals surface area (Å²) in [5.41, 5.74) is 1.58. The Kier molecular flexibility index (Phi) is 4.57. The molecule has 0 bridgehead atoms. The zero-order valence-electron chi connectivity index (χ0n) is 11.6. The topological polar surface area (TPSA) is 0 Å². The van der Waals surface area contributed by atoms with Crippen molar-refractivity contribution in [2.75, 3.05) is 0 Å². The average molecular weight is 359 g/mol. The third-order valence-electron chi connectivity index (χ3n) is 3.75. The molecular weight excluding hydrogens is 333 g/mol. The Balaban J connectivity index is 2.97. The molecule has 1 aliphatic carbocycles. The molecule has 1 aliphatic rings. The number of rotatable bonds is 4. The quantitative estimate of drug-likeness (QED) is 0.624. The third-order valence-corrected chi connectivity index (χ3v) is 37.5. The predicted molar refractivity (Wildman–Crippen MR) is 83.5 cm³/mol. The molecule has 0 aromatic rings. The van der Waals surface area contributed by atoms with Gasteiger partial charge in [-0.05, 0) is 0 Å². The van der Waals surface area contributed by atoms with Crippen molar-refractivity contribution < 1.29 is 0 Å². The van der Waals surface area contributed by atoms with Crippen LogP contribution in [-0.4, -0.2) is 28.9 Å². The Labute approximate surface area is 112 Å². The molecule has 0 nitrogen and oxygen atoms in total. The molecule has 0 aliphatic heterocycles. The van der Waals surface area contributed by atoms with Gasteiger partial charge in [0.25, 0.3) is 0 Å². The summed E-state index contributed by atoms with van der Waals surface area (Å²) in [6, 6.07) is 0. The van der Waals surface area contributed by atoms with Crippen molar-refractivity contribution in [3.05, 3.63) is 23.8 Å². The van der Waals surface area contributed by atoms with E-state index in [1.165, 1.54) is 6.42 Å². The SMILES string of the molecule is [CH3][Ge]([CH3])([CH3])[C]([S])(CC1=CC=CC1)[Ge]([CH3])([CH3])[CH3]. The molecule has 1 radical (unpaired) electrons. The number of hydrogen-bond acceptors (Lipinski definition) is 0. The first-order valence-electron chi connectivity index (χ1n) is 6.13. The molecule has 0 aromatic heterocycles. The molecule has 0 fully saturated rings. The molecule has 0 aromatic carbocycles. The third kappa shape index (κ3) is 3.02. The van der Waals surface area contributed by atoms with E-state index in [0.717, 1.165) is 6.42 Å². The predicted octanol–water partition coefficient (Wildman–Crippen LogP) is 4.95. The standard InChI is InChI=1S/C13H25Ge2S/c1-14(2,3)13(16,15(4,5)6)11-12-9-7-8-10-12/h7-9H,10-11H2,1-6H3. The Morgan fingerprint density at radius 2 is 1.62 bits per heavy atom. The van der Waals surface area contributed by atoms with Crippen LogP contribution in [0.3, 0.4) is 0 Å². The van der Waals surface area contributed by atoms with Crippen LogP contribution in [0.2, 0.25) is 34.5 Å². The van der Waals surface area contributed by atoms with Gasteiger partial charge in [-0.1, -0.05) is 0 Å². The van der Waals surface area contributed by atoms with E-state index in [9.17, 15) is 0 Å². The van der Waals surface area contributed by atoms with Crippen molar-refractivity contribution in [2.45, 2.75) is 49.8 Å². The van der Waals surface area contributed by atoms with E-state index in [-0.39, 0.29) is 2.41 Å². The van der Waals surface area contributed by atoms with Crippen LogP contribution in [0, 0.1) is 0 Å². The Bertz CT molecular complexity index is 302. The molecule has 0 amide bonds. The van der Waals surface area contributed by atoms with Crippen molar-refractivity contribution in [2.24, 2.45) is 0 Å². The first-order chi connectivity index (χ1) is 7.08. The maximum absolute atomic E-state index is 6.21. The van der Waals surface area contributed by atoms with Crippen molar-refractivity contribution in [3.63, 3.8) is 0 Å². The van der Waals surface area contributed by atoms with E-state index < -0.39 is 26.5 Å². The fourth-order valence-electron chi connectivity index (χ4n) is 2.60. The summed E-state index contributed by atoms with van der Waals surface area (Å²) in [7, 11) is 0. The fourth-order valence-corrected chi connectivity index (χ4v) is 35.2. The van der Waals surface area contributed by atoms with E-state index >= 15 is 0 Å². The Morgan fingerprint density at radius 1 is 1.12 bits per heavy atom. The van der Waals surface area contributed by atoms with Gasteiger partial charge in [0.15, 0.2) is 0 Å². The van der Waals surface area contributed by atoms with Crippen LogP contribution in [0.15, 0.2) is 23.8 Å². The summed E-state index contributed by atoms with van der Waals surface area (Å²) in [6.45, 7) is 0. The van der Waals surface area contributed by atoms with Gasteiger partial charge in [-0.2, -0.15) is 0 Å². The van der Waals surface area contributed by atoms with E-state index in [4.69, 9.17) is 12.6 Å². The summed E-state index contributed by atoms with van der Waals surface area (Å²) in [6.07, 6.45) is 9.09. The molecule has 0 heterocycles. The molecular formula is C13H25Ge2S. The molecule has 91 valence electrons. The number of hydrogen-bond donors (Lipinski definition) is 0. The van der Waals surface area contributed by atoms with Gasteiger partial charge in [-0.15, -0.1) is 0 Å². The van der Waals surface area contributed by atoms with Crippen LogP contribution in [0.4, 0.5) is 0 Å². The van der Waals surface area contributed by atoms with E-state index in [0.29, 0.717) is 0 Å². The monoisotopic (exact) mass is 361 g/mol. The van der Waals surface area contributed by atoms with Crippen LogP contribution < -0.4 is 0 Å². The average Bonchev–Trinajstić information content (AvgIpc) is 2.52. The van der Waals surface area contributed by atoms with Gasteiger partial charge in [0.1, 0.15) is 0 Å². The van der Waals surface area contributed by atoms with Gasteiger partial charge in [-0.25, -0.2) is 0 Å².